The Morgan fingerprint density at radius 3 is 3.00 bits per heavy atom. The van der Waals surface area contributed by atoms with Gasteiger partial charge in [0.2, 0.25) is 0 Å². The monoisotopic (exact) mass is 277 g/mol. The van der Waals surface area contributed by atoms with Gasteiger partial charge in [0.15, 0.2) is 0 Å². The molecule has 0 bridgehead atoms. The molecule has 0 radical (unpaired) electrons. The summed E-state index contributed by atoms with van der Waals surface area (Å²) in [6.07, 6.45) is 5.19. The molecule has 0 aliphatic rings. The van der Waals surface area contributed by atoms with Gasteiger partial charge in [0.05, 0.1) is 0 Å². The molecule has 2 aromatic rings. The molecule has 0 fully saturated rings. The fraction of sp³-hybridized carbons (Fsp3) is 0.286. The molecule has 1 aromatic heterocycles. The molecule has 2 rings (SSSR count). The number of aromatic nitrogens is 2. The second kappa shape index (κ2) is 6.38. The zero-order chi connectivity index (χ0) is 13.7. The van der Waals surface area contributed by atoms with Crippen LogP contribution in [0.3, 0.4) is 0 Å². The number of aryl methyl sites for hydroxylation is 2. The van der Waals surface area contributed by atoms with Crippen molar-refractivity contribution in [3.8, 4) is 0 Å². The predicted octanol–water partition coefficient (Wildman–Crippen LogP) is 2.73. The molecular weight excluding hydrogens is 262 g/mol. The molecule has 4 nitrogen and oxygen atoms in total. The van der Waals surface area contributed by atoms with E-state index in [1.807, 2.05) is 13.0 Å². The first-order chi connectivity index (χ1) is 9.16. The summed E-state index contributed by atoms with van der Waals surface area (Å²) in [4.78, 5) is 19.0. The van der Waals surface area contributed by atoms with E-state index < -0.39 is 0 Å². The van der Waals surface area contributed by atoms with Crippen LogP contribution in [0.1, 0.15) is 28.2 Å². The zero-order valence-corrected chi connectivity index (χ0v) is 11.5. The molecule has 1 amide bonds. The minimum absolute atomic E-state index is 0.0960. The summed E-state index contributed by atoms with van der Waals surface area (Å²) in [5, 5.41) is 3.48. The summed E-state index contributed by atoms with van der Waals surface area (Å²) in [7, 11) is 0. The SMILES string of the molecule is Cc1ccc(C(=O)NCCCc2ncc[nH]2)cc1Cl. The van der Waals surface area contributed by atoms with Gasteiger partial charge in [-0.15, -0.1) is 0 Å². The van der Waals surface area contributed by atoms with Gasteiger partial charge >= 0.3 is 0 Å². The second-order valence-electron chi connectivity index (χ2n) is 4.36. The van der Waals surface area contributed by atoms with E-state index in [2.05, 4.69) is 15.3 Å². The van der Waals surface area contributed by atoms with Gasteiger partial charge in [-0.05, 0) is 31.0 Å². The lowest BCUT2D eigenvalue weighted by Crippen LogP contribution is -2.24. The van der Waals surface area contributed by atoms with Crippen molar-refractivity contribution in [1.82, 2.24) is 15.3 Å². The summed E-state index contributed by atoms with van der Waals surface area (Å²) in [6, 6.07) is 5.32. The molecule has 0 aliphatic heterocycles. The maximum Gasteiger partial charge on any atom is 0.251 e. The van der Waals surface area contributed by atoms with Crippen LogP contribution in [0.2, 0.25) is 5.02 Å². The molecule has 0 unspecified atom stereocenters. The fourth-order valence-electron chi connectivity index (χ4n) is 1.73. The third-order valence-corrected chi connectivity index (χ3v) is 3.27. The normalized spacial score (nSPS) is 10.4. The van der Waals surface area contributed by atoms with E-state index >= 15 is 0 Å². The van der Waals surface area contributed by atoms with E-state index in [9.17, 15) is 4.79 Å². The Kier molecular flexibility index (Phi) is 4.58. The molecule has 0 atom stereocenters. The van der Waals surface area contributed by atoms with Gasteiger partial charge in [-0.25, -0.2) is 4.98 Å². The van der Waals surface area contributed by atoms with Gasteiger partial charge in [-0.3, -0.25) is 4.79 Å². The van der Waals surface area contributed by atoms with Crippen molar-refractivity contribution in [1.29, 1.82) is 0 Å². The van der Waals surface area contributed by atoms with Gasteiger partial charge in [0, 0.05) is 35.9 Å². The Hall–Kier alpha value is -1.81. The van der Waals surface area contributed by atoms with E-state index in [-0.39, 0.29) is 5.91 Å². The lowest BCUT2D eigenvalue weighted by Gasteiger charge is -2.06. The first kappa shape index (κ1) is 13.6. The molecule has 0 saturated heterocycles. The highest BCUT2D eigenvalue weighted by Gasteiger charge is 2.06. The number of nitrogens with zero attached hydrogens (tertiary/aromatic N) is 1. The van der Waals surface area contributed by atoms with Gasteiger partial charge in [0.25, 0.3) is 5.91 Å². The minimum atomic E-state index is -0.0960. The molecule has 19 heavy (non-hydrogen) atoms. The third-order valence-electron chi connectivity index (χ3n) is 2.86. The second-order valence-corrected chi connectivity index (χ2v) is 4.77. The van der Waals surface area contributed by atoms with Crippen LogP contribution >= 0.6 is 11.6 Å². The number of aromatic amines is 1. The molecule has 1 heterocycles. The van der Waals surface area contributed by atoms with Gasteiger partial charge in [-0.2, -0.15) is 0 Å². The van der Waals surface area contributed by atoms with Crippen LogP contribution < -0.4 is 5.32 Å². The highest BCUT2D eigenvalue weighted by molar-refractivity contribution is 6.31. The molecule has 0 saturated carbocycles. The number of halogens is 1. The number of benzene rings is 1. The number of carbonyl (C=O) groups excluding carboxylic acids is 1. The average Bonchev–Trinajstić information content (AvgIpc) is 2.91. The van der Waals surface area contributed by atoms with Crippen LogP contribution in [-0.2, 0) is 6.42 Å². The Morgan fingerprint density at radius 1 is 1.47 bits per heavy atom. The molecule has 100 valence electrons. The van der Waals surface area contributed by atoms with E-state index in [1.165, 1.54) is 0 Å². The van der Waals surface area contributed by atoms with Crippen LogP contribution in [-0.4, -0.2) is 22.4 Å². The summed E-state index contributed by atoms with van der Waals surface area (Å²) in [5.74, 6) is 0.842. The summed E-state index contributed by atoms with van der Waals surface area (Å²) < 4.78 is 0. The van der Waals surface area contributed by atoms with Gasteiger partial charge in [0.1, 0.15) is 5.82 Å². The lowest BCUT2D eigenvalue weighted by atomic mass is 10.1. The topological polar surface area (TPSA) is 57.8 Å². The number of nitrogens with one attached hydrogen (secondary N) is 2. The molecule has 0 spiro atoms. The van der Waals surface area contributed by atoms with Crippen LogP contribution in [0, 0.1) is 6.92 Å². The summed E-state index contributed by atoms with van der Waals surface area (Å²) in [5.41, 5.74) is 1.56. The van der Waals surface area contributed by atoms with Crippen molar-refractivity contribution >= 4 is 17.5 Å². The smallest absolute Gasteiger partial charge is 0.251 e. The van der Waals surface area contributed by atoms with Crippen molar-refractivity contribution in [2.75, 3.05) is 6.54 Å². The minimum Gasteiger partial charge on any atom is -0.352 e. The number of imidazole rings is 1. The largest absolute Gasteiger partial charge is 0.352 e. The van der Waals surface area contributed by atoms with E-state index in [4.69, 9.17) is 11.6 Å². The van der Waals surface area contributed by atoms with Crippen molar-refractivity contribution in [3.63, 3.8) is 0 Å². The molecule has 0 aliphatic carbocycles. The van der Waals surface area contributed by atoms with Crippen molar-refractivity contribution in [2.24, 2.45) is 0 Å². The summed E-state index contributed by atoms with van der Waals surface area (Å²) in [6.45, 7) is 2.53. The Labute approximate surface area is 117 Å². The van der Waals surface area contributed by atoms with E-state index in [0.717, 1.165) is 24.2 Å². The average molecular weight is 278 g/mol. The Balaban J connectivity index is 1.79. The number of hydrogen-bond donors (Lipinski definition) is 2. The van der Waals surface area contributed by atoms with Gasteiger partial charge in [-0.1, -0.05) is 17.7 Å². The molecular formula is C14H16ClN3O. The lowest BCUT2D eigenvalue weighted by molar-refractivity contribution is 0.0953. The van der Waals surface area contributed by atoms with Crippen LogP contribution in [0.5, 0.6) is 0 Å². The van der Waals surface area contributed by atoms with Gasteiger partial charge < -0.3 is 10.3 Å². The molecule has 5 heteroatoms. The highest BCUT2D eigenvalue weighted by Crippen LogP contribution is 2.16. The molecule has 1 aromatic carbocycles. The first-order valence-electron chi connectivity index (χ1n) is 6.19. The Bertz CT molecular complexity index is 552. The van der Waals surface area contributed by atoms with E-state index in [0.29, 0.717) is 17.1 Å². The third kappa shape index (κ3) is 3.83. The number of rotatable bonds is 5. The van der Waals surface area contributed by atoms with E-state index in [1.54, 1.807) is 24.5 Å². The Morgan fingerprint density at radius 2 is 2.32 bits per heavy atom. The standard InChI is InChI=1S/C14H16ClN3O/c1-10-4-5-11(9-12(10)15)14(19)18-6-2-3-13-16-7-8-17-13/h4-5,7-9H,2-3,6H2,1H3,(H,16,17)(H,18,19). The number of H-pyrrole nitrogens is 1. The zero-order valence-electron chi connectivity index (χ0n) is 10.7. The summed E-state index contributed by atoms with van der Waals surface area (Å²) >= 11 is 5.99. The first-order valence-corrected chi connectivity index (χ1v) is 6.57. The molecule has 2 N–H and O–H groups in total. The van der Waals surface area contributed by atoms with Crippen molar-refractivity contribution < 1.29 is 4.79 Å². The maximum atomic E-state index is 11.9. The van der Waals surface area contributed by atoms with Crippen LogP contribution in [0.25, 0.3) is 0 Å². The van der Waals surface area contributed by atoms with Crippen molar-refractivity contribution in [2.45, 2.75) is 19.8 Å². The predicted molar refractivity (Wildman–Crippen MR) is 75.4 cm³/mol. The quantitative estimate of drug-likeness (QED) is 0.826. The highest BCUT2D eigenvalue weighted by atomic mass is 35.5. The van der Waals surface area contributed by atoms with Crippen LogP contribution in [0.15, 0.2) is 30.6 Å². The van der Waals surface area contributed by atoms with Crippen LogP contribution in [0.4, 0.5) is 0 Å². The number of carbonyl (C=O) groups is 1. The number of amides is 1. The fourth-order valence-corrected chi connectivity index (χ4v) is 1.91. The van der Waals surface area contributed by atoms with Crippen molar-refractivity contribution in [3.05, 3.63) is 52.6 Å². The number of hydrogen-bond acceptors (Lipinski definition) is 2. The maximum absolute atomic E-state index is 11.9.